The number of alkyl halides is 1. The van der Waals surface area contributed by atoms with Gasteiger partial charge in [-0.3, -0.25) is 0 Å². The van der Waals surface area contributed by atoms with E-state index in [1.165, 1.54) is 0 Å². The van der Waals surface area contributed by atoms with Crippen LogP contribution in [-0.4, -0.2) is 41.4 Å². The van der Waals surface area contributed by atoms with Crippen LogP contribution in [0.1, 0.15) is 55.4 Å². The predicted molar refractivity (Wildman–Crippen MR) is 101 cm³/mol. The molecule has 2 fully saturated rings. The monoisotopic (exact) mass is 372 g/mol. The third-order valence-corrected chi connectivity index (χ3v) is 7.68. The van der Waals surface area contributed by atoms with Gasteiger partial charge in [0.15, 0.2) is 0 Å². The number of hydrogen-bond acceptors (Lipinski definition) is 5. The van der Waals surface area contributed by atoms with Crippen molar-refractivity contribution in [3.63, 3.8) is 0 Å². The Bertz CT molecular complexity index is 532. The Morgan fingerprint density at radius 2 is 1.25 bits per heavy atom. The number of hydrogen-bond donors (Lipinski definition) is 0. The summed E-state index contributed by atoms with van der Waals surface area (Å²) in [7, 11) is -0.737. The van der Waals surface area contributed by atoms with Gasteiger partial charge in [0.05, 0.1) is 27.1 Å². The predicted octanol–water partition coefficient (Wildman–Crippen LogP) is 4.28. The highest BCUT2D eigenvalue weighted by atomic mass is 35.5. The van der Waals surface area contributed by atoms with E-state index in [-0.39, 0.29) is 47.2 Å². The van der Waals surface area contributed by atoms with E-state index in [9.17, 15) is 0 Å². The molecule has 3 rings (SSSR count). The molecule has 0 aromatic carbocycles. The van der Waals surface area contributed by atoms with Crippen LogP contribution in [-0.2, 0) is 18.6 Å². The molecule has 0 saturated carbocycles. The van der Waals surface area contributed by atoms with Crippen LogP contribution in [0, 0.1) is 0 Å². The van der Waals surface area contributed by atoms with E-state index >= 15 is 0 Å². The van der Waals surface area contributed by atoms with Gasteiger partial charge in [-0.25, -0.2) is 0 Å². The first-order valence-electron chi connectivity index (χ1n) is 8.49. The van der Waals surface area contributed by atoms with Gasteiger partial charge in [-0.05, 0) is 55.4 Å². The zero-order valence-electron chi connectivity index (χ0n) is 15.8. The number of halogens is 1. The third-order valence-electron chi connectivity index (χ3n) is 5.98. The topological polar surface area (TPSA) is 36.9 Å². The highest BCUT2D eigenvalue weighted by molar-refractivity contribution is 8.06. The van der Waals surface area contributed by atoms with Gasteiger partial charge in [0.25, 0.3) is 0 Å². The maximum Gasteiger partial charge on any atom is 0.501 e. The average molecular weight is 373 g/mol. The molecule has 8 heteroatoms. The maximum absolute atomic E-state index is 6.60. The standard InChI is InChI=1S/C16H27B2ClO4S/c1-13(2)14(3,4)21-17(20-13)10-9-11(24-12(10)19)18-22-15(5,6)16(7,8)23-18/h9-10,12H,1-8H3. The van der Waals surface area contributed by atoms with E-state index in [1.54, 1.807) is 11.8 Å². The summed E-state index contributed by atoms with van der Waals surface area (Å²) in [5, 5.41) is 0. The molecular weight excluding hydrogens is 345 g/mol. The van der Waals surface area contributed by atoms with Crippen LogP contribution in [0.15, 0.2) is 10.9 Å². The number of allylic oxidation sites excluding steroid dienone is 1. The molecule has 0 bridgehead atoms. The molecule has 0 aliphatic carbocycles. The molecule has 3 aliphatic heterocycles. The second-order valence-electron chi connectivity index (χ2n) is 8.83. The third kappa shape index (κ3) is 2.99. The van der Waals surface area contributed by atoms with Crippen molar-refractivity contribution in [1.82, 2.24) is 0 Å². The van der Waals surface area contributed by atoms with Gasteiger partial charge in [-0.2, -0.15) is 0 Å². The van der Waals surface area contributed by atoms with Gasteiger partial charge in [-0.15, -0.1) is 23.4 Å². The molecule has 24 heavy (non-hydrogen) atoms. The minimum atomic E-state index is -0.381. The van der Waals surface area contributed by atoms with Crippen molar-refractivity contribution >= 4 is 37.6 Å². The van der Waals surface area contributed by atoms with Crippen LogP contribution in [0.25, 0.3) is 0 Å². The highest BCUT2D eigenvalue weighted by Gasteiger charge is 2.58. The Hall–Kier alpha value is 0.350. The zero-order chi connectivity index (χ0) is 18.1. The van der Waals surface area contributed by atoms with Crippen LogP contribution < -0.4 is 0 Å². The van der Waals surface area contributed by atoms with E-state index < -0.39 is 0 Å². The molecule has 2 atom stereocenters. The second-order valence-corrected chi connectivity index (χ2v) is 10.8. The normalized spacial score (nSPS) is 36.3. The van der Waals surface area contributed by atoms with E-state index in [0.717, 1.165) is 4.80 Å². The van der Waals surface area contributed by atoms with Crippen molar-refractivity contribution in [2.75, 3.05) is 0 Å². The summed E-state index contributed by atoms with van der Waals surface area (Å²) in [4.78, 5) is 1.01. The Balaban J connectivity index is 1.77. The Morgan fingerprint density at radius 1 is 0.833 bits per heavy atom. The van der Waals surface area contributed by atoms with Gasteiger partial charge >= 0.3 is 14.2 Å². The smallest absolute Gasteiger partial charge is 0.403 e. The molecule has 0 spiro atoms. The number of thioether (sulfide) groups is 1. The first-order chi connectivity index (χ1) is 10.8. The van der Waals surface area contributed by atoms with Gasteiger partial charge in [0.2, 0.25) is 0 Å². The Labute approximate surface area is 155 Å². The molecule has 0 aromatic heterocycles. The molecule has 4 nitrogen and oxygen atoms in total. The summed E-state index contributed by atoms with van der Waals surface area (Å²) in [6, 6.07) is 0. The van der Waals surface area contributed by atoms with Crippen LogP contribution >= 0.6 is 23.4 Å². The lowest BCUT2D eigenvalue weighted by molar-refractivity contribution is 0.00578. The molecule has 0 N–H and O–H groups in total. The maximum atomic E-state index is 6.60. The summed E-state index contributed by atoms with van der Waals surface area (Å²) in [6.07, 6.45) is 2.10. The van der Waals surface area contributed by atoms with Crippen LogP contribution in [0.4, 0.5) is 0 Å². The number of rotatable bonds is 2. The quantitative estimate of drug-likeness (QED) is 0.534. The van der Waals surface area contributed by atoms with Crippen LogP contribution in [0.3, 0.4) is 0 Å². The van der Waals surface area contributed by atoms with Crippen molar-refractivity contribution in [2.24, 2.45) is 0 Å². The largest absolute Gasteiger partial charge is 0.501 e. The van der Waals surface area contributed by atoms with Crippen molar-refractivity contribution in [3.8, 4) is 0 Å². The Kier molecular flexibility index (Phi) is 4.52. The lowest BCUT2D eigenvalue weighted by Gasteiger charge is -2.32. The fraction of sp³-hybridized carbons (Fsp3) is 0.875. The minimum Gasteiger partial charge on any atom is -0.403 e. The molecule has 0 radical (unpaired) electrons. The van der Waals surface area contributed by atoms with Gasteiger partial charge in [0, 0.05) is 10.6 Å². The fourth-order valence-electron chi connectivity index (χ4n) is 2.85. The summed E-state index contributed by atoms with van der Waals surface area (Å²) >= 11 is 8.18. The fourth-order valence-corrected chi connectivity index (χ4v) is 4.42. The highest BCUT2D eigenvalue weighted by Crippen LogP contribution is 2.52. The summed E-state index contributed by atoms with van der Waals surface area (Å²) in [5.74, 6) is -0.0354. The van der Waals surface area contributed by atoms with Gasteiger partial charge in [-0.1, -0.05) is 6.08 Å². The van der Waals surface area contributed by atoms with Crippen molar-refractivity contribution < 1.29 is 18.6 Å². The van der Waals surface area contributed by atoms with Gasteiger partial charge < -0.3 is 18.6 Å². The molecule has 2 saturated heterocycles. The molecular formula is C16H27B2ClO4S. The Morgan fingerprint density at radius 3 is 1.71 bits per heavy atom. The first kappa shape index (κ1) is 19.1. The lowest BCUT2D eigenvalue weighted by atomic mass is 9.71. The van der Waals surface area contributed by atoms with E-state index in [2.05, 4.69) is 61.5 Å². The first-order valence-corrected chi connectivity index (χ1v) is 9.81. The molecule has 0 aromatic rings. The van der Waals surface area contributed by atoms with Crippen LogP contribution in [0.5, 0.6) is 0 Å². The van der Waals surface area contributed by atoms with Crippen molar-refractivity contribution in [3.05, 3.63) is 10.9 Å². The molecule has 0 amide bonds. The van der Waals surface area contributed by atoms with Crippen molar-refractivity contribution in [1.29, 1.82) is 0 Å². The minimum absolute atomic E-state index is 0.0354. The van der Waals surface area contributed by atoms with E-state index in [0.29, 0.717) is 0 Å². The van der Waals surface area contributed by atoms with Crippen LogP contribution in [0.2, 0.25) is 5.82 Å². The zero-order valence-corrected chi connectivity index (χ0v) is 17.4. The summed E-state index contributed by atoms with van der Waals surface area (Å²) < 4.78 is 24.4. The molecule has 134 valence electrons. The summed E-state index contributed by atoms with van der Waals surface area (Å²) in [5.41, 5.74) is -1.44. The van der Waals surface area contributed by atoms with E-state index in [1.807, 2.05) is 0 Å². The van der Waals surface area contributed by atoms with E-state index in [4.69, 9.17) is 30.2 Å². The molecule has 2 unspecified atom stereocenters. The molecule has 3 heterocycles. The summed E-state index contributed by atoms with van der Waals surface area (Å²) in [6.45, 7) is 16.4. The van der Waals surface area contributed by atoms with Gasteiger partial charge in [0.1, 0.15) is 0 Å². The average Bonchev–Trinajstić information content (AvgIpc) is 2.93. The van der Waals surface area contributed by atoms with Crippen molar-refractivity contribution in [2.45, 2.75) is 88.3 Å². The SMILES string of the molecule is CC1(C)OB(C2=CC(B3OC(C)(C)C(C)(C)O3)C(Cl)S2)OC1(C)C. The second kappa shape index (κ2) is 5.67. The lowest BCUT2D eigenvalue weighted by Crippen LogP contribution is -2.41. The molecule has 3 aliphatic rings.